The van der Waals surface area contributed by atoms with Crippen molar-refractivity contribution in [3.05, 3.63) is 46.2 Å². The first kappa shape index (κ1) is 19.6. The summed E-state index contributed by atoms with van der Waals surface area (Å²) < 4.78 is 37.5. The van der Waals surface area contributed by atoms with E-state index in [1.807, 2.05) is 0 Å². The van der Waals surface area contributed by atoms with Gasteiger partial charge in [-0.05, 0) is 25.2 Å². The first-order chi connectivity index (χ1) is 11.8. The largest absolute Gasteiger partial charge is 0.487 e. The molecule has 0 unspecified atom stereocenters. The van der Waals surface area contributed by atoms with Crippen molar-refractivity contribution in [3.8, 4) is 5.75 Å². The summed E-state index contributed by atoms with van der Waals surface area (Å²) in [5, 5.41) is 0.700. The van der Waals surface area contributed by atoms with E-state index < -0.39 is 16.0 Å². The molecule has 1 heterocycles. The molecule has 2 rings (SSSR count). The second-order valence-electron chi connectivity index (χ2n) is 4.91. The summed E-state index contributed by atoms with van der Waals surface area (Å²) in [7, 11) is -0.801. The standard InChI is InChI=1S/C15H16Cl2N2O5S/c1-18-25(21,22)10-8-13(19(2)9-10)15(20)24-7-6-23-14-11(16)4-3-5-12(14)17/h3-5,8-9,18H,6-7H2,1-2H3. The molecule has 0 aliphatic rings. The van der Waals surface area contributed by atoms with Crippen LogP contribution in [-0.4, -0.2) is 39.2 Å². The third-order valence-electron chi connectivity index (χ3n) is 3.25. The van der Waals surface area contributed by atoms with E-state index in [2.05, 4.69) is 4.72 Å². The summed E-state index contributed by atoms with van der Waals surface area (Å²) in [5.41, 5.74) is 0.101. The van der Waals surface area contributed by atoms with Gasteiger partial charge in [-0.3, -0.25) is 0 Å². The zero-order valence-electron chi connectivity index (χ0n) is 13.5. The molecule has 0 bridgehead atoms. The summed E-state index contributed by atoms with van der Waals surface area (Å²) in [4.78, 5) is 12.0. The molecule has 0 spiro atoms. The van der Waals surface area contributed by atoms with Gasteiger partial charge in [-0.2, -0.15) is 0 Å². The van der Waals surface area contributed by atoms with Crippen molar-refractivity contribution in [3.63, 3.8) is 0 Å². The van der Waals surface area contributed by atoms with Crippen LogP contribution >= 0.6 is 23.2 Å². The van der Waals surface area contributed by atoms with E-state index in [1.165, 1.54) is 23.9 Å². The molecule has 0 saturated carbocycles. The van der Waals surface area contributed by atoms with Crippen LogP contribution in [-0.2, 0) is 21.8 Å². The Labute approximate surface area is 155 Å². The van der Waals surface area contributed by atoms with E-state index in [0.717, 1.165) is 0 Å². The van der Waals surface area contributed by atoms with Crippen molar-refractivity contribution >= 4 is 39.2 Å². The number of halogens is 2. The van der Waals surface area contributed by atoms with Crippen molar-refractivity contribution in [2.45, 2.75) is 4.90 Å². The molecule has 0 amide bonds. The highest BCUT2D eigenvalue weighted by Gasteiger charge is 2.20. The van der Waals surface area contributed by atoms with Gasteiger partial charge in [0.2, 0.25) is 10.0 Å². The van der Waals surface area contributed by atoms with Crippen LogP contribution in [0.5, 0.6) is 5.75 Å². The van der Waals surface area contributed by atoms with E-state index >= 15 is 0 Å². The quantitative estimate of drug-likeness (QED) is 0.563. The summed E-state index contributed by atoms with van der Waals surface area (Å²) in [6, 6.07) is 6.18. The number of benzene rings is 1. The highest BCUT2D eigenvalue weighted by atomic mass is 35.5. The van der Waals surface area contributed by atoms with Crippen molar-refractivity contribution in [2.24, 2.45) is 7.05 Å². The maximum Gasteiger partial charge on any atom is 0.355 e. The number of nitrogens with zero attached hydrogens (tertiary/aromatic N) is 1. The smallest absolute Gasteiger partial charge is 0.355 e. The summed E-state index contributed by atoms with van der Waals surface area (Å²) in [6.07, 6.45) is 1.32. The minimum atomic E-state index is -3.64. The molecule has 0 radical (unpaired) electrons. The summed E-state index contributed by atoms with van der Waals surface area (Å²) in [6.45, 7) is -0.0129. The molecule has 0 fully saturated rings. The van der Waals surface area contributed by atoms with Crippen LogP contribution in [0.25, 0.3) is 0 Å². The SMILES string of the molecule is CNS(=O)(=O)c1cc(C(=O)OCCOc2c(Cl)cccc2Cl)n(C)c1. The first-order valence-corrected chi connectivity index (χ1v) is 9.34. The van der Waals surface area contributed by atoms with Gasteiger partial charge in [0.25, 0.3) is 0 Å². The zero-order chi connectivity index (χ0) is 18.6. The molecule has 2 aromatic rings. The van der Waals surface area contributed by atoms with E-state index in [4.69, 9.17) is 32.7 Å². The number of hydrogen-bond donors (Lipinski definition) is 1. The third kappa shape index (κ3) is 4.66. The number of ether oxygens (including phenoxy) is 2. The van der Waals surface area contributed by atoms with Gasteiger partial charge in [0.15, 0.2) is 5.75 Å². The Morgan fingerprint density at radius 3 is 2.48 bits per heavy atom. The molecule has 1 aromatic carbocycles. The van der Waals surface area contributed by atoms with Crippen molar-refractivity contribution in [1.29, 1.82) is 0 Å². The maximum atomic E-state index is 12.1. The topological polar surface area (TPSA) is 86.6 Å². The van der Waals surface area contributed by atoms with Crippen molar-refractivity contribution in [1.82, 2.24) is 9.29 Å². The highest BCUT2D eigenvalue weighted by Crippen LogP contribution is 2.32. The Bertz CT molecular complexity index is 860. The monoisotopic (exact) mass is 406 g/mol. The minimum Gasteiger partial charge on any atom is -0.487 e. The van der Waals surface area contributed by atoms with Crippen molar-refractivity contribution in [2.75, 3.05) is 20.3 Å². The number of aromatic nitrogens is 1. The van der Waals surface area contributed by atoms with Gasteiger partial charge in [0, 0.05) is 13.2 Å². The highest BCUT2D eigenvalue weighted by molar-refractivity contribution is 7.89. The lowest BCUT2D eigenvalue weighted by Gasteiger charge is -2.10. The maximum absolute atomic E-state index is 12.1. The van der Waals surface area contributed by atoms with Crippen LogP contribution in [0.1, 0.15) is 10.5 Å². The lowest BCUT2D eigenvalue weighted by atomic mass is 10.3. The number of esters is 1. The van der Waals surface area contributed by atoms with E-state index in [0.29, 0.717) is 15.8 Å². The molecule has 0 aliphatic carbocycles. The molecule has 1 aromatic heterocycles. The van der Waals surface area contributed by atoms with Crippen LogP contribution in [0.15, 0.2) is 35.4 Å². The number of aryl methyl sites for hydroxylation is 1. The fraction of sp³-hybridized carbons (Fsp3) is 0.267. The number of carbonyl (C=O) groups excluding carboxylic acids is 1. The van der Waals surface area contributed by atoms with Gasteiger partial charge in [-0.1, -0.05) is 29.3 Å². The van der Waals surface area contributed by atoms with Crippen LogP contribution in [0.3, 0.4) is 0 Å². The fourth-order valence-corrected chi connectivity index (χ4v) is 3.28. The Balaban J connectivity index is 1.95. The molecule has 25 heavy (non-hydrogen) atoms. The summed E-state index contributed by atoms with van der Waals surface area (Å²) >= 11 is 11.9. The zero-order valence-corrected chi connectivity index (χ0v) is 15.8. The molecule has 0 saturated heterocycles. The van der Waals surface area contributed by atoms with Crippen molar-refractivity contribution < 1.29 is 22.7 Å². The number of sulfonamides is 1. The van der Waals surface area contributed by atoms with Gasteiger partial charge < -0.3 is 14.0 Å². The van der Waals surface area contributed by atoms with Crippen LogP contribution < -0.4 is 9.46 Å². The molecular weight excluding hydrogens is 391 g/mol. The lowest BCUT2D eigenvalue weighted by Crippen LogP contribution is -2.17. The third-order valence-corrected chi connectivity index (χ3v) is 5.23. The molecule has 0 aliphatic heterocycles. The predicted molar refractivity (Wildman–Crippen MR) is 93.9 cm³/mol. The van der Waals surface area contributed by atoms with E-state index in [1.54, 1.807) is 25.2 Å². The summed E-state index contributed by atoms with van der Waals surface area (Å²) in [5.74, 6) is -0.364. The van der Waals surface area contributed by atoms with E-state index in [9.17, 15) is 13.2 Å². The van der Waals surface area contributed by atoms with Gasteiger partial charge in [0.1, 0.15) is 23.8 Å². The molecular formula is C15H16Cl2N2O5S. The van der Waals surface area contributed by atoms with Crippen LogP contribution in [0, 0.1) is 0 Å². The number of rotatable bonds is 7. The number of carbonyl (C=O) groups is 1. The average Bonchev–Trinajstić information content (AvgIpc) is 2.96. The molecule has 1 N–H and O–H groups in total. The van der Waals surface area contributed by atoms with Gasteiger partial charge in [-0.15, -0.1) is 0 Å². The number of para-hydroxylation sites is 1. The second kappa shape index (κ2) is 8.09. The molecule has 136 valence electrons. The number of nitrogens with one attached hydrogen (secondary N) is 1. The number of hydrogen-bond acceptors (Lipinski definition) is 5. The fourth-order valence-electron chi connectivity index (χ4n) is 1.97. The molecule has 10 heteroatoms. The Morgan fingerprint density at radius 2 is 1.88 bits per heavy atom. The lowest BCUT2D eigenvalue weighted by molar-refractivity contribution is 0.0439. The van der Waals surface area contributed by atoms with Gasteiger partial charge in [0.05, 0.1) is 10.0 Å². The Hall–Kier alpha value is -1.74. The minimum absolute atomic E-state index is 0.0245. The van der Waals surface area contributed by atoms with Gasteiger partial charge in [-0.25, -0.2) is 17.9 Å². The van der Waals surface area contributed by atoms with Crippen LogP contribution in [0.2, 0.25) is 10.0 Å². The predicted octanol–water partition coefficient (Wildman–Crippen LogP) is 2.48. The normalized spacial score (nSPS) is 11.4. The van der Waals surface area contributed by atoms with E-state index in [-0.39, 0.29) is 23.8 Å². The van der Waals surface area contributed by atoms with Crippen LogP contribution in [0.4, 0.5) is 0 Å². The molecule has 7 nitrogen and oxygen atoms in total. The average molecular weight is 407 g/mol. The Morgan fingerprint density at radius 1 is 1.24 bits per heavy atom. The second-order valence-corrected chi connectivity index (χ2v) is 7.62. The first-order valence-electron chi connectivity index (χ1n) is 7.10. The van der Waals surface area contributed by atoms with Gasteiger partial charge >= 0.3 is 5.97 Å². The Kier molecular flexibility index (Phi) is 6.34. The molecule has 0 atom stereocenters.